The summed E-state index contributed by atoms with van der Waals surface area (Å²) >= 11 is 4.98. The molecule has 80 valence electrons. The molecule has 1 heterocycles. The van der Waals surface area contributed by atoms with Gasteiger partial charge in [0, 0.05) is 5.56 Å². The van der Waals surface area contributed by atoms with Crippen LogP contribution in [-0.2, 0) is 0 Å². The summed E-state index contributed by atoms with van der Waals surface area (Å²) in [6, 6.07) is 12.7. The van der Waals surface area contributed by atoms with Crippen LogP contribution >= 0.6 is 12.2 Å². The molecule has 1 aromatic carbocycles. The van der Waals surface area contributed by atoms with E-state index in [1.54, 1.807) is 18.2 Å². The van der Waals surface area contributed by atoms with Gasteiger partial charge in [0.2, 0.25) is 5.78 Å². The molecule has 0 fully saturated rings. The van der Waals surface area contributed by atoms with E-state index >= 15 is 0 Å². The monoisotopic (exact) mass is 229 g/mol. The highest BCUT2D eigenvalue weighted by Crippen LogP contribution is 2.09. The van der Waals surface area contributed by atoms with Crippen molar-refractivity contribution in [3.63, 3.8) is 0 Å². The van der Waals surface area contributed by atoms with Crippen LogP contribution in [0.25, 0.3) is 0 Å². The lowest BCUT2D eigenvalue weighted by atomic mass is 10.1. The van der Waals surface area contributed by atoms with Gasteiger partial charge < -0.3 is 4.98 Å². The third kappa shape index (κ3) is 2.25. The van der Waals surface area contributed by atoms with Crippen molar-refractivity contribution < 1.29 is 4.79 Å². The van der Waals surface area contributed by atoms with E-state index < -0.39 is 0 Å². The zero-order valence-electron chi connectivity index (χ0n) is 8.86. The van der Waals surface area contributed by atoms with Crippen LogP contribution in [0.4, 0.5) is 0 Å². The number of benzene rings is 1. The Balaban J connectivity index is 2.39. The standard InChI is InChI=1S/C13H11NOS/c1-9-5-7-10(8-6-9)13(15)11-3-2-4-12(16)14-11/h2-8H,1H3,(H,14,16). The van der Waals surface area contributed by atoms with Gasteiger partial charge in [0.15, 0.2) is 0 Å². The van der Waals surface area contributed by atoms with Crippen LogP contribution in [0.2, 0.25) is 0 Å². The predicted octanol–water partition coefficient (Wildman–Crippen LogP) is 3.28. The highest BCUT2D eigenvalue weighted by molar-refractivity contribution is 7.71. The molecule has 0 atom stereocenters. The van der Waals surface area contributed by atoms with Gasteiger partial charge in [0.1, 0.15) is 4.64 Å². The van der Waals surface area contributed by atoms with Crippen LogP contribution in [0.3, 0.4) is 0 Å². The summed E-state index contributed by atoms with van der Waals surface area (Å²) in [5.74, 6) is -0.0355. The van der Waals surface area contributed by atoms with Crippen LogP contribution < -0.4 is 0 Å². The van der Waals surface area contributed by atoms with E-state index in [2.05, 4.69) is 4.98 Å². The Labute approximate surface area is 99.0 Å². The first-order valence-electron chi connectivity index (χ1n) is 4.97. The number of aromatic amines is 1. The Morgan fingerprint density at radius 1 is 1.12 bits per heavy atom. The zero-order chi connectivity index (χ0) is 11.5. The molecule has 0 spiro atoms. The lowest BCUT2D eigenvalue weighted by Crippen LogP contribution is -2.03. The van der Waals surface area contributed by atoms with Gasteiger partial charge in [-0.2, -0.15) is 0 Å². The number of aryl methyl sites for hydroxylation is 1. The fraction of sp³-hybridized carbons (Fsp3) is 0.0769. The molecular formula is C13H11NOS. The third-order valence-electron chi connectivity index (χ3n) is 2.33. The Morgan fingerprint density at radius 2 is 1.81 bits per heavy atom. The maximum atomic E-state index is 12.0. The average Bonchev–Trinajstić information content (AvgIpc) is 2.29. The Morgan fingerprint density at radius 3 is 2.44 bits per heavy atom. The van der Waals surface area contributed by atoms with Gasteiger partial charge in [-0.15, -0.1) is 0 Å². The second kappa shape index (κ2) is 4.41. The van der Waals surface area contributed by atoms with E-state index in [0.717, 1.165) is 5.56 Å². The summed E-state index contributed by atoms with van der Waals surface area (Å²) in [7, 11) is 0. The first-order valence-corrected chi connectivity index (χ1v) is 5.38. The molecule has 0 amide bonds. The normalized spacial score (nSPS) is 10.1. The number of carbonyl (C=O) groups excluding carboxylic acids is 1. The molecule has 0 saturated heterocycles. The van der Waals surface area contributed by atoms with Crippen molar-refractivity contribution in [2.75, 3.05) is 0 Å². The highest BCUT2D eigenvalue weighted by atomic mass is 32.1. The summed E-state index contributed by atoms with van der Waals surface area (Å²) in [4.78, 5) is 14.9. The predicted molar refractivity (Wildman–Crippen MR) is 66.2 cm³/mol. The molecule has 1 aromatic heterocycles. The second-order valence-electron chi connectivity index (χ2n) is 3.62. The molecule has 2 rings (SSSR count). The van der Waals surface area contributed by atoms with Gasteiger partial charge in [0.25, 0.3) is 0 Å². The van der Waals surface area contributed by atoms with Gasteiger partial charge >= 0.3 is 0 Å². The van der Waals surface area contributed by atoms with Gasteiger partial charge in [-0.3, -0.25) is 4.79 Å². The van der Waals surface area contributed by atoms with Crippen LogP contribution in [-0.4, -0.2) is 10.8 Å². The number of ketones is 1. The number of hydrogen-bond acceptors (Lipinski definition) is 2. The molecule has 0 bridgehead atoms. The van der Waals surface area contributed by atoms with Crippen molar-refractivity contribution in [1.29, 1.82) is 0 Å². The topological polar surface area (TPSA) is 32.9 Å². The molecule has 0 radical (unpaired) electrons. The van der Waals surface area contributed by atoms with Gasteiger partial charge in [-0.1, -0.05) is 48.1 Å². The Bertz CT molecular complexity index is 569. The highest BCUT2D eigenvalue weighted by Gasteiger charge is 2.08. The number of rotatable bonds is 2. The summed E-state index contributed by atoms with van der Waals surface area (Å²) in [5, 5.41) is 0. The van der Waals surface area contributed by atoms with Crippen molar-refractivity contribution >= 4 is 18.0 Å². The SMILES string of the molecule is Cc1ccc(C(=O)c2cccc(=S)[nH]2)cc1. The lowest BCUT2D eigenvalue weighted by molar-refractivity contribution is 0.103. The second-order valence-corrected chi connectivity index (χ2v) is 4.06. The molecule has 2 nitrogen and oxygen atoms in total. The van der Waals surface area contributed by atoms with Crippen LogP contribution in [0.15, 0.2) is 42.5 Å². The largest absolute Gasteiger partial charge is 0.343 e. The van der Waals surface area contributed by atoms with E-state index in [9.17, 15) is 4.79 Å². The molecule has 2 aromatic rings. The molecule has 0 aliphatic carbocycles. The minimum atomic E-state index is -0.0355. The molecular weight excluding hydrogens is 218 g/mol. The fourth-order valence-corrected chi connectivity index (χ4v) is 1.63. The number of nitrogens with one attached hydrogen (secondary N) is 1. The molecule has 0 saturated carbocycles. The molecule has 0 aliphatic rings. The quantitative estimate of drug-likeness (QED) is 0.633. The first-order chi connectivity index (χ1) is 7.66. The average molecular weight is 229 g/mol. The molecule has 0 aliphatic heterocycles. The van der Waals surface area contributed by atoms with Crippen molar-refractivity contribution in [3.8, 4) is 0 Å². The van der Waals surface area contributed by atoms with Crippen LogP contribution in [0.5, 0.6) is 0 Å². The van der Waals surface area contributed by atoms with Gasteiger partial charge in [-0.25, -0.2) is 0 Å². The third-order valence-corrected chi connectivity index (χ3v) is 2.56. The summed E-state index contributed by atoms with van der Waals surface area (Å²) < 4.78 is 0.568. The van der Waals surface area contributed by atoms with E-state index in [-0.39, 0.29) is 5.78 Å². The van der Waals surface area contributed by atoms with Crippen molar-refractivity contribution in [2.45, 2.75) is 6.92 Å². The van der Waals surface area contributed by atoms with Crippen LogP contribution in [0, 0.1) is 11.6 Å². The van der Waals surface area contributed by atoms with Crippen molar-refractivity contribution in [2.24, 2.45) is 0 Å². The maximum Gasteiger partial charge on any atom is 0.209 e. The number of carbonyl (C=O) groups is 1. The van der Waals surface area contributed by atoms with E-state index in [0.29, 0.717) is 15.9 Å². The van der Waals surface area contributed by atoms with Gasteiger partial charge in [-0.05, 0) is 19.1 Å². The number of hydrogen-bond donors (Lipinski definition) is 1. The first kappa shape index (κ1) is 10.8. The molecule has 0 unspecified atom stereocenters. The summed E-state index contributed by atoms with van der Waals surface area (Å²) in [6.45, 7) is 1.99. The summed E-state index contributed by atoms with van der Waals surface area (Å²) in [6.07, 6.45) is 0. The molecule has 1 N–H and O–H groups in total. The number of H-pyrrole nitrogens is 1. The van der Waals surface area contributed by atoms with E-state index in [1.807, 2.05) is 31.2 Å². The maximum absolute atomic E-state index is 12.0. The summed E-state index contributed by atoms with van der Waals surface area (Å²) in [5.41, 5.74) is 2.33. The van der Waals surface area contributed by atoms with Crippen LogP contribution in [0.1, 0.15) is 21.6 Å². The minimum Gasteiger partial charge on any atom is -0.343 e. The fourth-order valence-electron chi connectivity index (χ4n) is 1.44. The smallest absolute Gasteiger partial charge is 0.209 e. The lowest BCUT2D eigenvalue weighted by Gasteiger charge is -2.01. The Kier molecular flexibility index (Phi) is 2.97. The van der Waals surface area contributed by atoms with Gasteiger partial charge in [0.05, 0.1) is 5.69 Å². The molecule has 16 heavy (non-hydrogen) atoms. The number of pyridine rings is 1. The van der Waals surface area contributed by atoms with E-state index in [4.69, 9.17) is 12.2 Å². The Hall–Kier alpha value is -1.74. The molecule has 3 heteroatoms. The van der Waals surface area contributed by atoms with Crippen molar-refractivity contribution in [1.82, 2.24) is 4.98 Å². The zero-order valence-corrected chi connectivity index (χ0v) is 9.67. The minimum absolute atomic E-state index is 0.0355. The van der Waals surface area contributed by atoms with Crippen molar-refractivity contribution in [3.05, 3.63) is 63.9 Å². The van der Waals surface area contributed by atoms with E-state index in [1.165, 1.54) is 0 Å². The number of aromatic nitrogens is 1.